The summed E-state index contributed by atoms with van der Waals surface area (Å²) >= 11 is 4.94. The van der Waals surface area contributed by atoms with E-state index in [9.17, 15) is 0 Å². The first-order chi connectivity index (χ1) is 6.66. The van der Waals surface area contributed by atoms with Gasteiger partial charge in [-0.25, -0.2) is 4.98 Å². The van der Waals surface area contributed by atoms with Gasteiger partial charge in [-0.3, -0.25) is 0 Å². The minimum atomic E-state index is 0.343. The molecule has 5 heteroatoms. The fourth-order valence-electron chi connectivity index (χ4n) is 2.15. The van der Waals surface area contributed by atoms with E-state index < -0.39 is 0 Å². The predicted octanol–water partition coefficient (Wildman–Crippen LogP) is 2.02. The fourth-order valence-corrected chi connectivity index (χ4v) is 2.34. The van der Waals surface area contributed by atoms with Gasteiger partial charge in [-0.05, 0) is 31.0 Å². The molecule has 0 saturated heterocycles. The van der Waals surface area contributed by atoms with Crippen LogP contribution in [0.25, 0.3) is 0 Å². The number of H-pyrrole nitrogens is 1. The van der Waals surface area contributed by atoms with Gasteiger partial charge < -0.3 is 10.7 Å². The van der Waals surface area contributed by atoms with Gasteiger partial charge in [-0.15, -0.1) is 0 Å². The van der Waals surface area contributed by atoms with Gasteiger partial charge in [-0.2, -0.15) is 4.98 Å². The molecule has 14 heavy (non-hydrogen) atoms. The summed E-state index contributed by atoms with van der Waals surface area (Å²) in [4.78, 5) is 11.1. The van der Waals surface area contributed by atoms with Crippen LogP contribution in [0, 0.1) is 10.7 Å². The van der Waals surface area contributed by atoms with E-state index >= 15 is 0 Å². The maximum absolute atomic E-state index is 5.60. The lowest BCUT2D eigenvalue weighted by Gasteiger charge is -2.13. The Balaban J connectivity index is 2.36. The van der Waals surface area contributed by atoms with E-state index in [-0.39, 0.29) is 0 Å². The molecule has 0 radical (unpaired) electrons. The highest BCUT2D eigenvalue weighted by Crippen LogP contribution is 2.37. The van der Waals surface area contributed by atoms with Crippen molar-refractivity contribution in [2.45, 2.75) is 32.1 Å². The zero-order chi connectivity index (χ0) is 10.1. The Labute approximate surface area is 88.0 Å². The van der Waals surface area contributed by atoms with Gasteiger partial charge in [0.25, 0.3) is 0 Å². The fraction of sp³-hybridized carbons (Fsp3) is 0.667. The molecule has 2 rings (SSSR count). The Morgan fingerprint density at radius 3 is 2.79 bits per heavy atom. The number of hydrogen-bond donors (Lipinski definition) is 2. The van der Waals surface area contributed by atoms with Crippen molar-refractivity contribution in [1.29, 1.82) is 0 Å². The second-order valence-electron chi connectivity index (χ2n) is 3.92. The topological polar surface area (TPSA) is 67.6 Å². The molecule has 1 aromatic heterocycles. The smallest absolute Gasteiger partial charge is 0.224 e. The third kappa shape index (κ3) is 1.77. The average molecular weight is 210 g/mol. The lowest BCUT2D eigenvalue weighted by molar-refractivity contribution is 0.507. The van der Waals surface area contributed by atoms with Crippen LogP contribution in [0.1, 0.15) is 37.9 Å². The van der Waals surface area contributed by atoms with Gasteiger partial charge in [0.1, 0.15) is 5.82 Å². The van der Waals surface area contributed by atoms with Crippen LogP contribution < -0.4 is 5.73 Å². The van der Waals surface area contributed by atoms with Crippen LogP contribution in [-0.4, -0.2) is 15.0 Å². The molecule has 1 saturated carbocycles. The van der Waals surface area contributed by atoms with Crippen molar-refractivity contribution in [2.75, 3.05) is 5.73 Å². The van der Waals surface area contributed by atoms with Crippen LogP contribution >= 0.6 is 12.2 Å². The number of nitrogen functional groups attached to an aromatic ring is 1. The lowest BCUT2D eigenvalue weighted by atomic mass is 9.97. The monoisotopic (exact) mass is 210 g/mol. The molecule has 2 unspecified atom stereocenters. The molecule has 0 bridgehead atoms. The third-order valence-corrected chi connectivity index (χ3v) is 3.08. The molecule has 0 aromatic carbocycles. The number of anilines is 1. The quantitative estimate of drug-likeness (QED) is 0.696. The minimum Gasteiger partial charge on any atom is -0.369 e. The van der Waals surface area contributed by atoms with Crippen molar-refractivity contribution >= 4 is 18.2 Å². The first-order valence-electron chi connectivity index (χ1n) is 4.90. The van der Waals surface area contributed by atoms with Crippen molar-refractivity contribution in [3.8, 4) is 0 Å². The standard InChI is InChI=1S/C9H14N4S/c1-5-3-2-4-6(5)7-11-8(10)13-9(14)12-7/h5-6H,2-4H2,1H3,(H3,10,11,12,13,14). The molecular formula is C9H14N4S. The minimum absolute atomic E-state index is 0.343. The molecule has 1 aromatic rings. The summed E-state index contributed by atoms with van der Waals surface area (Å²) in [5.41, 5.74) is 5.60. The summed E-state index contributed by atoms with van der Waals surface area (Å²) in [6.07, 6.45) is 3.69. The van der Waals surface area contributed by atoms with E-state index in [0.717, 1.165) is 5.82 Å². The number of nitrogens with two attached hydrogens (primary N) is 1. The van der Waals surface area contributed by atoms with Crippen LogP contribution in [0.4, 0.5) is 5.95 Å². The number of hydrogen-bond acceptors (Lipinski definition) is 4. The summed E-state index contributed by atoms with van der Waals surface area (Å²) in [6.45, 7) is 2.24. The van der Waals surface area contributed by atoms with Crippen LogP contribution in [0.3, 0.4) is 0 Å². The Bertz CT molecular complexity index is 387. The normalized spacial score (nSPS) is 26.6. The first-order valence-corrected chi connectivity index (χ1v) is 5.31. The molecule has 0 aliphatic heterocycles. The summed E-state index contributed by atoms with van der Waals surface area (Å²) in [5, 5.41) is 0. The molecule has 3 N–H and O–H groups in total. The summed E-state index contributed by atoms with van der Waals surface area (Å²) in [6, 6.07) is 0. The second-order valence-corrected chi connectivity index (χ2v) is 4.28. The highest BCUT2D eigenvalue weighted by atomic mass is 32.1. The highest BCUT2D eigenvalue weighted by Gasteiger charge is 2.26. The van der Waals surface area contributed by atoms with Crippen molar-refractivity contribution in [3.05, 3.63) is 10.6 Å². The Kier molecular flexibility index (Phi) is 2.50. The third-order valence-electron chi connectivity index (χ3n) is 2.90. The van der Waals surface area contributed by atoms with E-state index in [1.54, 1.807) is 0 Å². The molecule has 2 atom stereocenters. The van der Waals surface area contributed by atoms with E-state index in [1.165, 1.54) is 19.3 Å². The van der Waals surface area contributed by atoms with Gasteiger partial charge in [0.15, 0.2) is 0 Å². The van der Waals surface area contributed by atoms with Gasteiger partial charge in [0.2, 0.25) is 10.7 Å². The number of aromatic amines is 1. The van der Waals surface area contributed by atoms with Gasteiger partial charge in [-0.1, -0.05) is 13.3 Å². The molecule has 76 valence electrons. The van der Waals surface area contributed by atoms with E-state index in [4.69, 9.17) is 18.0 Å². The highest BCUT2D eigenvalue weighted by molar-refractivity contribution is 7.71. The summed E-state index contributed by atoms with van der Waals surface area (Å²) < 4.78 is 0.343. The summed E-state index contributed by atoms with van der Waals surface area (Å²) in [5.74, 6) is 2.42. The molecule has 0 amide bonds. The molecular weight excluding hydrogens is 196 g/mol. The number of nitrogens with one attached hydrogen (secondary N) is 1. The first kappa shape index (κ1) is 9.58. The average Bonchev–Trinajstić information content (AvgIpc) is 2.49. The SMILES string of the molecule is CC1CCCC1c1nc(=S)nc(N)[nH]1. The summed E-state index contributed by atoms with van der Waals surface area (Å²) in [7, 11) is 0. The van der Waals surface area contributed by atoms with Crippen LogP contribution in [-0.2, 0) is 0 Å². The van der Waals surface area contributed by atoms with Crippen molar-refractivity contribution in [2.24, 2.45) is 5.92 Å². The predicted molar refractivity (Wildman–Crippen MR) is 57.4 cm³/mol. The molecule has 1 aliphatic rings. The zero-order valence-electron chi connectivity index (χ0n) is 8.16. The van der Waals surface area contributed by atoms with Crippen molar-refractivity contribution in [1.82, 2.24) is 15.0 Å². The number of aromatic nitrogens is 3. The Hall–Kier alpha value is -0.970. The Morgan fingerprint density at radius 1 is 1.43 bits per heavy atom. The molecule has 1 heterocycles. The molecule has 0 spiro atoms. The molecule has 1 fully saturated rings. The zero-order valence-corrected chi connectivity index (χ0v) is 8.97. The van der Waals surface area contributed by atoms with Crippen molar-refractivity contribution < 1.29 is 0 Å². The van der Waals surface area contributed by atoms with E-state index in [1.807, 2.05) is 0 Å². The van der Waals surface area contributed by atoms with Gasteiger partial charge in [0, 0.05) is 5.92 Å². The molecule has 1 aliphatic carbocycles. The van der Waals surface area contributed by atoms with Crippen molar-refractivity contribution in [3.63, 3.8) is 0 Å². The van der Waals surface area contributed by atoms with E-state index in [2.05, 4.69) is 21.9 Å². The Morgan fingerprint density at radius 2 is 2.21 bits per heavy atom. The largest absolute Gasteiger partial charge is 0.369 e. The van der Waals surface area contributed by atoms with Gasteiger partial charge >= 0.3 is 0 Å². The molecule has 4 nitrogen and oxygen atoms in total. The van der Waals surface area contributed by atoms with Crippen LogP contribution in [0.5, 0.6) is 0 Å². The lowest BCUT2D eigenvalue weighted by Crippen LogP contribution is -2.10. The number of nitrogens with zero attached hydrogens (tertiary/aromatic N) is 2. The van der Waals surface area contributed by atoms with Crippen LogP contribution in [0.2, 0.25) is 0 Å². The van der Waals surface area contributed by atoms with E-state index in [0.29, 0.717) is 22.6 Å². The van der Waals surface area contributed by atoms with Crippen LogP contribution in [0.15, 0.2) is 0 Å². The number of rotatable bonds is 1. The maximum atomic E-state index is 5.60. The van der Waals surface area contributed by atoms with Gasteiger partial charge in [0.05, 0.1) is 0 Å². The second kappa shape index (κ2) is 3.65. The maximum Gasteiger partial charge on any atom is 0.224 e.